The molecule has 1 heterocycles. The lowest BCUT2D eigenvalue weighted by Crippen LogP contribution is -2.11. The van der Waals surface area contributed by atoms with Gasteiger partial charge in [-0.05, 0) is 55.0 Å². The molecule has 0 spiro atoms. The van der Waals surface area contributed by atoms with Crippen molar-refractivity contribution in [1.82, 2.24) is 9.97 Å². The first-order valence-corrected chi connectivity index (χ1v) is 9.79. The number of aromatic nitrogens is 2. The number of nitrogens with zero attached hydrogens (tertiary/aromatic N) is 2. The van der Waals surface area contributed by atoms with Crippen molar-refractivity contribution in [3.8, 4) is 22.9 Å². The summed E-state index contributed by atoms with van der Waals surface area (Å²) in [6.07, 6.45) is 3.39. The van der Waals surface area contributed by atoms with E-state index in [4.69, 9.17) is 16.3 Å². The molecule has 4 aromatic rings. The van der Waals surface area contributed by atoms with E-state index >= 15 is 0 Å². The Morgan fingerprint density at radius 2 is 1.61 bits per heavy atom. The minimum atomic E-state index is -0.546. The van der Waals surface area contributed by atoms with E-state index in [1.165, 1.54) is 23.8 Å². The quantitative estimate of drug-likeness (QED) is 0.401. The molecule has 0 atom stereocenters. The molecule has 0 fully saturated rings. The summed E-state index contributed by atoms with van der Waals surface area (Å²) >= 11 is 5.74. The lowest BCUT2D eigenvalue weighted by Gasteiger charge is -2.08. The Kier molecular flexibility index (Phi) is 5.91. The summed E-state index contributed by atoms with van der Waals surface area (Å²) in [5.41, 5.74) is 3.90. The zero-order valence-corrected chi connectivity index (χ0v) is 17.2. The van der Waals surface area contributed by atoms with Crippen LogP contribution in [0.5, 0.6) is 11.8 Å². The highest BCUT2D eigenvalue weighted by atomic mass is 35.5. The molecule has 3 aromatic carbocycles. The molecule has 154 valence electrons. The van der Waals surface area contributed by atoms with E-state index in [1.54, 1.807) is 36.7 Å². The van der Waals surface area contributed by atoms with Crippen LogP contribution < -0.4 is 10.1 Å². The fourth-order valence-corrected chi connectivity index (χ4v) is 3.00. The number of ether oxygens (including phenoxy) is 1. The van der Waals surface area contributed by atoms with Crippen molar-refractivity contribution in [2.75, 3.05) is 5.32 Å². The molecule has 0 aliphatic carbocycles. The molecule has 0 saturated carbocycles. The second-order valence-corrected chi connectivity index (χ2v) is 7.24. The van der Waals surface area contributed by atoms with Gasteiger partial charge in [0.05, 0.1) is 5.02 Å². The van der Waals surface area contributed by atoms with E-state index < -0.39 is 5.82 Å². The third-order valence-corrected chi connectivity index (χ3v) is 4.81. The molecule has 7 heteroatoms. The Labute approximate surface area is 183 Å². The Morgan fingerprint density at radius 1 is 0.935 bits per heavy atom. The standard InChI is InChI=1S/C24H17ClFN3O2/c1-15-2-4-16(5-3-15)18-13-27-24(28-14-18)31-20-9-6-17(7-10-20)23(30)29-19-8-11-22(26)21(25)12-19/h2-14H,1H3,(H,29,30). The number of rotatable bonds is 5. The van der Waals surface area contributed by atoms with Crippen LogP contribution in [0.4, 0.5) is 10.1 Å². The second-order valence-electron chi connectivity index (χ2n) is 6.83. The maximum Gasteiger partial charge on any atom is 0.321 e. The van der Waals surface area contributed by atoms with Crippen molar-refractivity contribution in [3.05, 3.63) is 101 Å². The van der Waals surface area contributed by atoms with Crippen LogP contribution in [0.1, 0.15) is 15.9 Å². The van der Waals surface area contributed by atoms with Gasteiger partial charge in [0.15, 0.2) is 0 Å². The van der Waals surface area contributed by atoms with E-state index in [9.17, 15) is 9.18 Å². The van der Waals surface area contributed by atoms with Gasteiger partial charge in [0.2, 0.25) is 0 Å². The summed E-state index contributed by atoms with van der Waals surface area (Å²) in [4.78, 5) is 20.9. The van der Waals surface area contributed by atoms with Crippen molar-refractivity contribution >= 4 is 23.2 Å². The van der Waals surface area contributed by atoms with Gasteiger partial charge >= 0.3 is 6.01 Å². The maximum atomic E-state index is 13.2. The van der Waals surface area contributed by atoms with Crippen molar-refractivity contribution in [1.29, 1.82) is 0 Å². The number of amides is 1. The number of anilines is 1. The van der Waals surface area contributed by atoms with Gasteiger partial charge < -0.3 is 10.1 Å². The van der Waals surface area contributed by atoms with Gasteiger partial charge in [-0.15, -0.1) is 0 Å². The predicted octanol–water partition coefficient (Wildman–Crippen LogP) is 6.29. The first-order valence-electron chi connectivity index (χ1n) is 9.41. The number of hydrogen-bond donors (Lipinski definition) is 1. The number of hydrogen-bond acceptors (Lipinski definition) is 4. The lowest BCUT2D eigenvalue weighted by atomic mass is 10.1. The van der Waals surface area contributed by atoms with Crippen molar-refractivity contribution in [3.63, 3.8) is 0 Å². The molecule has 1 N–H and O–H groups in total. The molecule has 31 heavy (non-hydrogen) atoms. The van der Waals surface area contributed by atoms with Crippen LogP contribution in [-0.4, -0.2) is 15.9 Å². The number of aryl methyl sites for hydroxylation is 1. The summed E-state index contributed by atoms with van der Waals surface area (Å²) in [7, 11) is 0. The average molecular weight is 434 g/mol. The third-order valence-electron chi connectivity index (χ3n) is 4.52. The Hall–Kier alpha value is -3.77. The number of halogens is 2. The van der Waals surface area contributed by atoms with Gasteiger partial charge in [-0.3, -0.25) is 4.79 Å². The van der Waals surface area contributed by atoms with Crippen molar-refractivity contribution in [2.24, 2.45) is 0 Å². The summed E-state index contributed by atoms with van der Waals surface area (Å²) in [5, 5.41) is 2.60. The van der Waals surface area contributed by atoms with E-state index in [0.717, 1.165) is 11.1 Å². The van der Waals surface area contributed by atoms with Gasteiger partial charge in [-0.1, -0.05) is 41.4 Å². The zero-order valence-electron chi connectivity index (χ0n) is 16.5. The van der Waals surface area contributed by atoms with E-state index in [0.29, 0.717) is 17.0 Å². The first-order chi connectivity index (χ1) is 15.0. The largest absolute Gasteiger partial charge is 0.424 e. The molecule has 0 unspecified atom stereocenters. The minimum Gasteiger partial charge on any atom is -0.424 e. The minimum absolute atomic E-state index is 0.0602. The van der Waals surface area contributed by atoms with Crippen LogP contribution in [0.3, 0.4) is 0 Å². The number of benzene rings is 3. The van der Waals surface area contributed by atoms with Gasteiger partial charge in [-0.2, -0.15) is 0 Å². The predicted molar refractivity (Wildman–Crippen MR) is 118 cm³/mol. The van der Waals surface area contributed by atoms with Crippen LogP contribution in [-0.2, 0) is 0 Å². The van der Waals surface area contributed by atoms with E-state index in [1.807, 2.05) is 31.2 Å². The molecule has 1 amide bonds. The highest BCUT2D eigenvalue weighted by Gasteiger charge is 2.09. The van der Waals surface area contributed by atoms with Gasteiger partial charge in [0.25, 0.3) is 5.91 Å². The van der Waals surface area contributed by atoms with Gasteiger partial charge in [0.1, 0.15) is 11.6 Å². The smallest absolute Gasteiger partial charge is 0.321 e. The molecular formula is C24H17ClFN3O2. The Balaban J connectivity index is 1.40. The zero-order chi connectivity index (χ0) is 21.8. The molecule has 0 saturated heterocycles. The molecule has 1 aromatic heterocycles. The van der Waals surface area contributed by atoms with Crippen LogP contribution in [0.2, 0.25) is 5.02 Å². The van der Waals surface area contributed by atoms with Crippen LogP contribution in [0, 0.1) is 12.7 Å². The first kappa shape index (κ1) is 20.5. The third kappa shape index (κ3) is 5.05. The molecular weight excluding hydrogens is 417 g/mol. The number of nitrogens with one attached hydrogen (secondary N) is 1. The van der Waals surface area contributed by atoms with Crippen molar-refractivity contribution < 1.29 is 13.9 Å². The van der Waals surface area contributed by atoms with Crippen LogP contribution in [0.15, 0.2) is 79.1 Å². The number of carbonyl (C=O) groups excluding carboxylic acids is 1. The topological polar surface area (TPSA) is 64.1 Å². The van der Waals surface area contributed by atoms with Crippen LogP contribution >= 0.6 is 11.6 Å². The van der Waals surface area contributed by atoms with E-state index in [-0.39, 0.29) is 16.9 Å². The molecule has 0 aliphatic heterocycles. The van der Waals surface area contributed by atoms with Crippen molar-refractivity contribution in [2.45, 2.75) is 6.92 Å². The number of carbonyl (C=O) groups is 1. The summed E-state index contributed by atoms with van der Waals surface area (Å²) in [6.45, 7) is 2.03. The SMILES string of the molecule is Cc1ccc(-c2cnc(Oc3ccc(C(=O)Nc4ccc(F)c(Cl)c4)cc3)nc2)cc1. The Bertz CT molecular complexity index is 1210. The van der Waals surface area contributed by atoms with Crippen LogP contribution in [0.25, 0.3) is 11.1 Å². The highest BCUT2D eigenvalue weighted by Crippen LogP contribution is 2.23. The summed E-state index contributed by atoms with van der Waals surface area (Å²) in [5.74, 6) is -0.410. The molecule has 4 rings (SSSR count). The molecule has 0 radical (unpaired) electrons. The normalized spacial score (nSPS) is 10.5. The lowest BCUT2D eigenvalue weighted by molar-refractivity contribution is 0.102. The van der Waals surface area contributed by atoms with Gasteiger partial charge in [0, 0.05) is 29.2 Å². The fourth-order valence-electron chi connectivity index (χ4n) is 2.82. The molecule has 0 bridgehead atoms. The monoisotopic (exact) mass is 433 g/mol. The average Bonchev–Trinajstić information content (AvgIpc) is 2.78. The van der Waals surface area contributed by atoms with Gasteiger partial charge in [-0.25, -0.2) is 14.4 Å². The molecule has 0 aliphatic rings. The summed E-state index contributed by atoms with van der Waals surface area (Å²) < 4.78 is 18.9. The fraction of sp³-hybridized carbons (Fsp3) is 0.0417. The Morgan fingerprint density at radius 3 is 2.26 bits per heavy atom. The maximum absolute atomic E-state index is 13.2. The molecule has 5 nitrogen and oxygen atoms in total. The second kappa shape index (κ2) is 8.93. The highest BCUT2D eigenvalue weighted by molar-refractivity contribution is 6.31. The summed E-state index contributed by atoms with van der Waals surface area (Å²) in [6, 6.07) is 18.8. The van der Waals surface area contributed by atoms with E-state index in [2.05, 4.69) is 15.3 Å².